The molecule has 2 rings (SSSR count). The minimum atomic E-state index is -0.272. The fraction of sp³-hybridized carbons (Fsp3) is 0.857. The molecule has 0 bridgehead atoms. The monoisotopic (exact) mass is 318 g/mol. The maximum absolute atomic E-state index is 12.6. The first-order valence-electron chi connectivity index (χ1n) is 7.60. The third-order valence-corrected chi connectivity index (χ3v) is 4.30. The van der Waals surface area contributed by atoms with Crippen molar-refractivity contribution in [3.63, 3.8) is 0 Å². The van der Waals surface area contributed by atoms with Gasteiger partial charge in [-0.05, 0) is 33.2 Å². The predicted octanol–water partition coefficient (Wildman–Crippen LogP) is 0.672. The van der Waals surface area contributed by atoms with Gasteiger partial charge in [-0.15, -0.1) is 12.4 Å². The second kappa shape index (κ2) is 7.84. The molecule has 122 valence electrons. The number of halogens is 1. The molecule has 1 unspecified atom stereocenters. The molecule has 0 aromatic carbocycles. The van der Waals surface area contributed by atoms with Crippen LogP contribution in [0.4, 0.5) is 4.79 Å². The number of nitrogens with one attached hydrogen (secondary N) is 2. The Morgan fingerprint density at radius 3 is 2.33 bits per heavy atom. The number of hydrogen-bond acceptors (Lipinski definition) is 3. The van der Waals surface area contributed by atoms with Crippen LogP contribution in [0, 0.1) is 5.41 Å². The van der Waals surface area contributed by atoms with Crippen molar-refractivity contribution < 1.29 is 9.59 Å². The van der Waals surface area contributed by atoms with Gasteiger partial charge in [0.15, 0.2) is 0 Å². The summed E-state index contributed by atoms with van der Waals surface area (Å²) < 4.78 is 0. The van der Waals surface area contributed by atoms with Crippen molar-refractivity contribution >= 4 is 24.3 Å². The Morgan fingerprint density at radius 2 is 1.81 bits per heavy atom. The van der Waals surface area contributed by atoms with Crippen molar-refractivity contribution in [3.8, 4) is 0 Å². The van der Waals surface area contributed by atoms with Crippen LogP contribution in [0.3, 0.4) is 0 Å². The number of amides is 3. The third kappa shape index (κ3) is 4.23. The predicted molar refractivity (Wildman–Crippen MR) is 84.7 cm³/mol. The normalized spacial score (nSPS) is 26.0. The van der Waals surface area contributed by atoms with Gasteiger partial charge in [0.05, 0.1) is 5.41 Å². The summed E-state index contributed by atoms with van der Waals surface area (Å²) in [6, 6.07) is -0.0230. The number of carbonyl (C=O) groups excluding carboxylic acids is 2. The van der Waals surface area contributed by atoms with Crippen LogP contribution in [0.2, 0.25) is 0 Å². The number of urea groups is 1. The Balaban J connectivity index is 0.00000220. The summed E-state index contributed by atoms with van der Waals surface area (Å²) in [7, 11) is 0. The Hall–Kier alpha value is -1.01. The van der Waals surface area contributed by atoms with Crippen molar-refractivity contribution in [3.05, 3.63) is 0 Å². The number of carbonyl (C=O) groups is 2. The van der Waals surface area contributed by atoms with Crippen molar-refractivity contribution in [1.82, 2.24) is 20.4 Å². The fourth-order valence-corrected chi connectivity index (χ4v) is 3.00. The first kappa shape index (κ1) is 18.0. The molecule has 2 fully saturated rings. The summed E-state index contributed by atoms with van der Waals surface area (Å²) in [5.41, 5.74) is -0.272. The lowest BCUT2D eigenvalue weighted by Crippen LogP contribution is -2.57. The highest BCUT2D eigenvalue weighted by Gasteiger charge is 2.38. The lowest BCUT2D eigenvalue weighted by atomic mass is 9.81. The van der Waals surface area contributed by atoms with Crippen molar-refractivity contribution in [2.75, 3.05) is 45.8 Å². The summed E-state index contributed by atoms with van der Waals surface area (Å²) in [5, 5.41) is 6.12. The molecule has 2 N–H and O–H groups in total. The smallest absolute Gasteiger partial charge is 0.317 e. The highest BCUT2D eigenvalue weighted by atomic mass is 35.5. The van der Waals surface area contributed by atoms with Crippen molar-refractivity contribution in [2.45, 2.75) is 26.7 Å². The molecule has 0 spiro atoms. The van der Waals surface area contributed by atoms with Crippen LogP contribution in [0.25, 0.3) is 0 Å². The van der Waals surface area contributed by atoms with Gasteiger partial charge in [0.1, 0.15) is 0 Å². The van der Waals surface area contributed by atoms with Gasteiger partial charge < -0.3 is 20.4 Å². The quantitative estimate of drug-likeness (QED) is 0.786. The number of piperidine rings is 1. The van der Waals surface area contributed by atoms with Crippen molar-refractivity contribution in [2.24, 2.45) is 5.41 Å². The zero-order valence-corrected chi connectivity index (χ0v) is 13.8. The van der Waals surface area contributed by atoms with E-state index in [9.17, 15) is 9.59 Å². The Kier molecular flexibility index (Phi) is 6.74. The molecule has 7 heteroatoms. The summed E-state index contributed by atoms with van der Waals surface area (Å²) in [6.45, 7) is 8.92. The number of hydrogen-bond donors (Lipinski definition) is 2. The molecule has 2 saturated heterocycles. The maximum atomic E-state index is 12.6. The minimum absolute atomic E-state index is 0. The molecule has 2 aliphatic heterocycles. The molecule has 0 radical (unpaired) electrons. The molecule has 0 aliphatic carbocycles. The van der Waals surface area contributed by atoms with Gasteiger partial charge in [-0.25, -0.2) is 4.79 Å². The maximum Gasteiger partial charge on any atom is 0.317 e. The third-order valence-electron chi connectivity index (χ3n) is 4.30. The van der Waals surface area contributed by atoms with Crippen LogP contribution in [0.5, 0.6) is 0 Å². The first-order chi connectivity index (χ1) is 9.57. The molecule has 6 nitrogen and oxygen atoms in total. The average molecular weight is 319 g/mol. The Morgan fingerprint density at radius 1 is 1.19 bits per heavy atom. The van der Waals surface area contributed by atoms with E-state index in [1.165, 1.54) is 0 Å². The molecule has 21 heavy (non-hydrogen) atoms. The molecule has 0 aromatic heterocycles. The first-order valence-corrected chi connectivity index (χ1v) is 7.60. The van der Waals surface area contributed by atoms with Gasteiger partial charge in [0, 0.05) is 39.3 Å². The summed E-state index contributed by atoms with van der Waals surface area (Å²) in [6.07, 6.45) is 2.01. The second-order valence-electron chi connectivity index (χ2n) is 5.96. The molecule has 3 amide bonds. The standard InChI is InChI=1S/C14H26N4O2.ClH/c1-3-16-13(20)18-9-7-17(8-10-18)12(19)14(2)5-4-6-15-11-14;/h15H,3-11H2,1-2H3,(H,16,20);1H. The topological polar surface area (TPSA) is 64.7 Å². The van der Waals surface area contributed by atoms with Gasteiger partial charge in [0.25, 0.3) is 0 Å². The SMILES string of the molecule is CCNC(=O)N1CCN(C(=O)C2(C)CCCNC2)CC1.Cl. The summed E-state index contributed by atoms with van der Waals surface area (Å²) >= 11 is 0. The molecule has 0 saturated carbocycles. The van der Waals surface area contributed by atoms with Crippen LogP contribution in [0.15, 0.2) is 0 Å². The molecule has 2 aliphatic rings. The van der Waals surface area contributed by atoms with E-state index in [1.807, 2.05) is 11.8 Å². The molecular formula is C14H27ClN4O2. The minimum Gasteiger partial charge on any atom is -0.339 e. The van der Waals surface area contributed by atoms with E-state index in [1.54, 1.807) is 4.90 Å². The largest absolute Gasteiger partial charge is 0.339 e. The zero-order valence-electron chi connectivity index (χ0n) is 13.0. The van der Waals surface area contributed by atoms with Gasteiger partial charge in [-0.2, -0.15) is 0 Å². The van der Waals surface area contributed by atoms with Crippen LogP contribution in [-0.4, -0.2) is 67.6 Å². The molecular weight excluding hydrogens is 292 g/mol. The van der Waals surface area contributed by atoms with Crippen molar-refractivity contribution in [1.29, 1.82) is 0 Å². The van der Waals surface area contributed by atoms with E-state index in [0.717, 1.165) is 25.9 Å². The molecule has 2 heterocycles. The second-order valence-corrected chi connectivity index (χ2v) is 5.96. The molecule has 1 atom stereocenters. The Labute approximate surface area is 133 Å². The number of nitrogens with zero attached hydrogens (tertiary/aromatic N) is 2. The van der Waals surface area contributed by atoms with E-state index >= 15 is 0 Å². The number of piperazine rings is 1. The average Bonchev–Trinajstić information content (AvgIpc) is 2.48. The lowest BCUT2D eigenvalue weighted by molar-refractivity contribution is -0.143. The van der Waals surface area contributed by atoms with E-state index in [2.05, 4.69) is 17.6 Å². The fourth-order valence-electron chi connectivity index (χ4n) is 3.00. The van der Waals surface area contributed by atoms with Gasteiger partial charge in [0.2, 0.25) is 5.91 Å². The zero-order chi connectivity index (χ0) is 14.6. The molecule has 0 aromatic rings. The van der Waals surface area contributed by atoms with Gasteiger partial charge >= 0.3 is 6.03 Å². The van der Waals surface area contributed by atoms with Gasteiger partial charge in [-0.1, -0.05) is 0 Å². The van der Waals surface area contributed by atoms with Crippen LogP contribution in [0.1, 0.15) is 26.7 Å². The van der Waals surface area contributed by atoms with E-state index in [-0.39, 0.29) is 29.8 Å². The van der Waals surface area contributed by atoms with E-state index in [0.29, 0.717) is 32.7 Å². The summed E-state index contributed by atoms with van der Waals surface area (Å²) in [4.78, 5) is 28.1. The highest BCUT2D eigenvalue weighted by molar-refractivity contribution is 5.85. The highest BCUT2D eigenvalue weighted by Crippen LogP contribution is 2.28. The number of rotatable bonds is 2. The lowest BCUT2D eigenvalue weighted by Gasteiger charge is -2.41. The van der Waals surface area contributed by atoms with E-state index < -0.39 is 0 Å². The van der Waals surface area contributed by atoms with E-state index in [4.69, 9.17) is 0 Å². The van der Waals surface area contributed by atoms with Gasteiger partial charge in [-0.3, -0.25) is 4.79 Å². The Bertz CT molecular complexity index is 364. The van der Waals surface area contributed by atoms with Crippen LogP contribution < -0.4 is 10.6 Å². The van der Waals surface area contributed by atoms with Crippen LogP contribution >= 0.6 is 12.4 Å². The van der Waals surface area contributed by atoms with Crippen LogP contribution in [-0.2, 0) is 4.79 Å². The summed E-state index contributed by atoms with van der Waals surface area (Å²) in [5.74, 6) is 0.236.